The fraction of sp³-hybridized carbons (Fsp3) is 0.700. The van der Waals surface area contributed by atoms with Crippen molar-refractivity contribution in [2.45, 2.75) is 46.1 Å². The summed E-state index contributed by atoms with van der Waals surface area (Å²) in [5.41, 5.74) is 5.65. The number of nitrogens with zero attached hydrogens (tertiary/aromatic N) is 4. The molecule has 0 aliphatic carbocycles. The Labute approximate surface area is 95.2 Å². The first kappa shape index (κ1) is 12.5. The highest BCUT2D eigenvalue weighted by Crippen LogP contribution is 2.14. The van der Waals surface area contributed by atoms with Crippen LogP contribution in [0.1, 0.15) is 44.9 Å². The van der Waals surface area contributed by atoms with Gasteiger partial charge in [0, 0.05) is 12.8 Å². The number of oxime groups is 1. The average Bonchev–Trinajstić information content (AvgIpc) is 2.73. The summed E-state index contributed by atoms with van der Waals surface area (Å²) < 4.78 is 1.76. The summed E-state index contributed by atoms with van der Waals surface area (Å²) >= 11 is 0. The maximum atomic E-state index is 8.73. The Kier molecular flexibility index (Phi) is 4.28. The van der Waals surface area contributed by atoms with E-state index < -0.39 is 0 Å². The smallest absolute Gasteiger partial charge is 0.164 e. The first-order chi connectivity index (χ1) is 7.67. The second-order valence-electron chi connectivity index (χ2n) is 3.54. The maximum Gasteiger partial charge on any atom is 0.164 e. The monoisotopic (exact) mass is 225 g/mol. The SMILES string of the molecule is CCc1nc(CC)n(C(CC)C(N)=NO)n1. The second kappa shape index (κ2) is 5.48. The van der Waals surface area contributed by atoms with Crippen LogP contribution >= 0.6 is 0 Å². The van der Waals surface area contributed by atoms with Crippen LogP contribution in [0.15, 0.2) is 5.16 Å². The predicted octanol–water partition coefficient (Wildman–Crippen LogP) is 1.10. The van der Waals surface area contributed by atoms with Crippen LogP contribution in [0.3, 0.4) is 0 Å². The van der Waals surface area contributed by atoms with Gasteiger partial charge in [-0.25, -0.2) is 9.67 Å². The van der Waals surface area contributed by atoms with E-state index in [9.17, 15) is 0 Å². The van der Waals surface area contributed by atoms with Gasteiger partial charge in [-0.1, -0.05) is 25.9 Å². The Morgan fingerprint density at radius 2 is 2.12 bits per heavy atom. The Morgan fingerprint density at radius 3 is 2.56 bits per heavy atom. The van der Waals surface area contributed by atoms with Gasteiger partial charge in [0.15, 0.2) is 11.7 Å². The van der Waals surface area contributed by atoms with Crippen LogP contribution in [0.4, 0.5) is 0 Å². The molecule has 0 aromatic carbocycles. The highest BCUT2D eigenvalue weighted by molar-refractivity contribution is 5.83. The Bertz CT molecular complexity index is 371. The van der Waals surface area contributed by atoms with E-state index in [4.69, 9.17) is 10.9 Å². The number of rotatable bonds is 5. The van der Waals surface area contributed by atoms with E-state index >= 15 is 0 Å². The molecule has 0 spiro atoms. The van der Waals surface area contributed by atoms with Gasteiger partial charge in [0.25, 0.3) is 0 Å². The van der Waals surface area contributed by atoms with Crippen molar-refractivity contribution >= 4 is 5.84 Å². The van der Waals surface area contributed by atoms with Crippen molar-refractivity contribution in [3.63, 3.8) is 0 Å². The fourth-order valence-electron chi connectivity index (χ4n) is 1.62. The van der Waals surface area contributed by atoms with Crippen molar-refractivity contribution in [2.75, 3.05) is 0 Å². The van der Waals surface area contributed by atoms with Crippen molar-refractivity contribution in [2.24, 2.45) is 10.9 Å². The topological polar surface area (TPSA) is 89.3 Å². The molecule has 1 atom stereocenters. The van der Waals surface area contributed by atoms with E-state index in [1.165, 1.54) is 0 Å². The Balaban J connectivity index is 3.12. The molecular formula is C10H19N5O. The highest BCUT2D eigenvalue weighted by atomic mass is 16.4. The van der Waals surface area contributed by atoms with Gasteiger partial charge in [-0.05, 0) is 6.42 Å². The molecule has 0 amide bonds. The zero-order chi connectivity index (χ0) is 12.1. The van der Waals surface area contributed by atoms with Gasteiger partial charge in [-0.15, -0.1) is 0 Å². The minimum atomic E-state index is -0.215. The summed E-state index contributed by atoms with van der Waals surface area (Å²) in [6, 6.07) is -0.215. The van der Waals surface area contributed by atoms with E-state index in [-0.39, 0.29) is 11.9 Å². The van der Waals surface area contributed by atoms with E-state index in [0.717, 1.165) is 30.9 Å². The van der Waals surface area contributed by atoms with Gasteiger partial charge in [0.1, 0.15) is 11.9 Å². The predicted molar refractivity (Wildman–Crippen MR) is 61.5 cm³/mol. The Morgan fingerprint density at radius 1 is 1.44 bits per heavy atom. The summed E-state index contributed by atoms with van der Waals surface area (Å²) in [7, 11) is 0. The second-order valence-corrected chi connectivity index (χ2v) is 3.54. The molecule has 0 saturated carbocycles. The molecule has 1 unspecified atom stereocenters. The molecule has 1 aromatic rings. The number of aryl methyl sites for hydroxylation is 2. The van der Waals surface area contributed by atoms with Crippen LogP contribution in [-0.2, 0) is 12.8 Å². The van der Waals surface area contributed by atoms with Gasteiger partial charge in [-0.2, -0.15) is 5.10 Å². The number of amidine groups is 1. The lowest BCUT2D eigenvalue weighted by atomic mass is 10.2. The highest BCUT2D eigenvalue weighted by Gasteiger charge is 2.19. The van der Waals surface area contributed by atoms with Gasteiger partial charge < -0.3 is 10.9 Å². The number of hydrogen-bond acceptors (Lipinski definition) is 4. The Hall–Kier alpha value is -1.59. The van der Waals surface area contributed by atoms with Crippen LogP contribution in [0.2, 0.25) is 0 Å². The van der Waals surface area contributed by atoms with Crippen molar-refractivity contribution in [3.8, 4) is 0 Å². The van der Waals surface area contributed by atoms with E-state index in [0.29, 0.717) is 0 Å². The van der Waals surface area contributed by atoms with Crippen LogP contribution in [0, 0.1) is 0 Å². The molecule has 6 nitrogen and oxygen atoms in total. The third-order valence-electron chi connectivity index (χ3n) is 2.52. The molecule has 0 bridgehead atoms. The van der Waals surface area contributed by atoms with Gasteiger partial charge in [0.2, 0.25) is 0 Å². The molecule has 0 aliphatic rings. The fourth-order valence-corrected chi connectivity index (χ4v) is 1.62. The summed E-state index contributed by atoms with van der Waals surface area (Å²) in [6.45, 7) is 5.98. The summed E-state index contributed by atoms with van der Waals surface area (Å²) in [5, 5.41) is 16.2. The molecule has 16 heavy (non-hydrogen) atoms. The molecule has 0 aliphatic heterocycles. The zero-order valence-electron chi connectivity index (χ0n) is 10.0. The lowest BCUT2D eigenvalue weighted by Crippen LogP contribution is -2.28. The molecular weight excluding hydrogens is 206 g/mol. The number of hydrogen-bond donors (Lipinski definition) is 2. The third kappa shape index (κ3) is 2.32. The van der Waals surface area contributed by atoms with Crippen LogP contribution in [0.25, 0.3) is 0 Å². The minimum Gasteiger partial charge on any atom is -0.409 e. The normalized spacial score (nSPS) is 14.1. The molecule has 3 N–H and O–H groups in total. The quantitative estimate of drug-likeness (QED) is 0.340. The summed E-state index contributed by atoms with van der Waals surface area (Å²) in [4.78, 5) is 4.39. The van der Waals surface area contributed by atoms with E-state index in [2.05, 4.69) is 15.2 Å². The zero-order valence-corrected chi connectivity index (χ0v) is 10.0. The van der Waals surface area contributed by atoms with Gasteiger partial charge in [-0.3, -0.25) is 0 Å². The first-order valence-electron chi connectivity index (χ1n) is 5.59. The molecule has 0 radical (unpaired) electrons. The minimum absolute atomic E-state index is 0.171. The van der Waals surface area contributed by atoms with E-state index in [1.807, 2.05) is 20.8 Å². The van der Waals surface area contributed by atoms with Crippen molar-refractivity contribution in [1.82, 2.24) is 14.8 Å². The molecule has 1 aromatic heterocycles. The maximum absolute atomic E-state index is 8.73. The molecule has 1 rings (SSSR count). The van der Waals surface area contributed by atoms with Gasteiger partial charge in [0.05, 0.1) is 0 Å². The lowest BCUT2D eigenvalue weighted by molar-refractivity contribution is 0.312. The summed E-state index contributed by atoms with van der Waals surface area (Å²) in [5.74, 6) is 1.83. The number of aromatic nitrogens is 3. The van der Waals surface area contributed by atoms with Crippen LogP contribution in [0.5, 0.6) is 0 Å². The van der Waals surface area contributed by atoms with E-state index in [1.54, 1.807) is 4.68 Å². The van der Waals surface area contributed by atoms with Crippen molar-refractivity contribution in [3.05, 3.63) is 11.6 Å². The summed E-state index contributed by atoms with van der Waals surface area (Å²) in [6.07, 6.45) is 2.28. The van der Waals surface area contributed by atoms with Crippen LogP contribution < -0.4 is 5.73 Å². The molecule has 1 heterocycles. The first-order valence-corrected chi connectivity index (χ1v) is 5.59. The molecule has 90 valence electrons. The standard InChI is InChI=1S/C10H19N5O/c1-4-7(10(11)14-16)15-9(6-3)12-8(5-2)13-15/h7,16H,4-6H2,1-3H3,(H2,11,14). The van der Waals surface area contributed by atoms with Crippen molar-refractivity contribution < 1.29 is 5.21 Å². The average molecular weight is 225 g/mol. The number of nitrogens with two attached hydrogens (primary N) is 1. The lowest BCUT2D eigenvalue weighted by Gasteiger charge is -2.15. The molecule has 0 fully saturated rings. The molecule has 6 heteroatoms. The molecule has 0 saturated heterocycles. The third-order valence-corrected chi connectivity index (χ3v) is 2.52. The van der Waals surface area contributed by atoms with Crippen LogP contribution in [-0.4, -0.2) is 25.8 Å². The van der Waals surface area contributed by atoms with Gasteiger partial charge >= 0.3 is 0 Å². The largest absolute Gasteiger partial charge is 0.409 e. The van der Waals surface area contributed by atoms with Crippen molar-refractivity contribution in [1.29, 1.82) is 0 Å².